The quantitative estimate of drug-likeness (QED) is 0.859. The summed E-state index contributed by atoms with van der Waals surface area (Å²) >= 11 is 0. The Morgan fingerprint density at radius 3 is 2.70 bits per heavy atom. The smallest absolute Gasteiger partial charge is 0.230 e. The molecule has 0 saturated carbocycles. The van der Waals surface area contributed by atoms with Gasteiger partial charge in [-0.15, -0.1) is 12.4 Å². The average molecular weight is 343 g/mol. The van der Waals surface area contributed by atoms with Crippen LogP contribution >= 0.6 is 12.4 Å². The zero-order valence-electron chi connectivity index (χ0n) is 13.9. The number of rotatable bonds is 6. The predicted octanol–water partition coefficient (Wildman–Crippen LogP) is 2.01. The topological polar surface area (TPSA) is 64.8 Å². The van der Waals surface area contributed by atoms with Gasteiger partial charge in [0, 0.05) is 26.8 Å². The minimum atomic E-state index is -0.462. The van der Waals surface area contributed by atoms with Gasteiger partial charge in [-0.1, -0.05) is 12.1 Å². The average Bonchev–Trinajstić information content (AvgIpc) is 2.54. The highest BCUT2D eigenvalue weighted by molar-refractivity contribution is 5.85. The van der Waals surface area contributed by atoms with Crippen LogP contribution in [0.5, 0.6) is 5.75 Å². The number of likely N-dealkylation sites (N-methyl/N-ethyl adjacent to an activating group) is 1. The second-order valence-electron chi connectivity index (χ2n) is 5.99. The van der Waals surface area contributed by atoms with Gasteiger partial charge in [0.1, 0.15) is 12.4 Å². The van der Waals surface area contributed by atoms with Gasteiger partial charge in [-0.2, -0.15) is 0 Å². The Balaban J connectivity index is 0.00000264. The molecule has 2 N–H and O–H groups in total. The van der Waals surface area contributed by atoms with Crippen LogP contribution in [0.2, 0.25) is 0 Å². The molecule has 130 valence electrons. The number of ether oxygens (including phenoxy) is 2. The molecule has 0 radical (unpaired) electrons. The van der Waals surface area contributed by atoms with Crippen molar-refractivity contribution in [1.82, 2.24) is 4.90 Å². The molecule has 1 saturated heterocycles. The molecule has 1 heterocycles. The number of carbonyl (C=O) groups excluding carboxylic acids is 1. The first-order valence-corrected chi connectivity index (χ1v) is 7.80. The highest BCUT2D eigenvalue weighted by atomic mass is 35.5. The number of hydrogen-bond donors (Lipinski definition) is 1. The standard InChI is InChI=1S/C17H26N2O3.ClH/c1-14-4-3-5-15(12-14)22-11-8-19(2)16(20)17(13-18)6-9-21-10-7-17;/h3-5,12H,6-11,13,18H2,1-2H3;1H. The summed E-state index contributed by atoms with van der Waals surface area (Å²) in [6.45, 7) is 4.64. The molecule has 0 bridgehead atoms. The number of hydrogen-bond acceptors (Lipinski definition) is 4. The van der Waals surface area contributed by atoms with Crippen LogP contribution in [0.1, 0.15) is 18.4 Å². The maximum Gasteiger partial charge on any atom is 0.230 e. The molecule has 2 rings (SSSR count). The maximum absolute atomic E-state index is 12.7. The van der Waals surface area contributed by atoms with Crippen LogP contribution in [-0.4, -0.2) is 50.8 Å². The molecule has 1 aliphatic heterocycles. The molecule has 1 aliphatic rings. The van der Waals surface area contributed by atoms with Gasteiger partial charge >= 0.3 is 0 Å². The molecular weight excluding hydrogens is 316 g/mol. The molecule has 5 nitrogen and oxygen atoms in total. The minimum Gasteiger partial charge on any atom is -0.492 e. The van der Waals surface area contributed by atoms with Crippen LogP contribution < -0.4 is 10.5 Å². The molecule has 0 spiro atoms. The van der Waals surface area contributed by atoms with E-state index in [-0.39, 0.29) is 18.3 Å². The second-order valence-corrected chi connectivity index (χ2v) is 5.99. The molecule has 1 aromatic carbocycles. The van der Waals surface area contributed by atoms with E-state index in [2.05, 4.69) is 0 Å². The van der Waals surface area contributed by atoms with E-state index in [0.717, 1.165) is 11.3 Å². The van der Waals surface area contributed by atoms with Crippen molar-refractivity contribution in [2.45, 2.75) is 19.8 Å². The van der Waals surface area contributed by atoms with Gasteiger partial charge in [-0.3, -0.25) is 4.79 Å². The number of aryl methyl sites for hydroxylation is 1. The molecule has 0 aromatic heterocycles. The Morgan fingerprint density at radius 2 is 2.09 bits per heavy atom. The summed E-state index contributed by atoms with van der Waals surface area (Å²) in [5.74, 6) is 0.937. The van der Waals surface area contributed by atoms with Crippen molar-refractivity contribution >= 4 is 18.3 Å². The first kappa shape index (κ1) is 19.7. The number of amides is 1. The first-order chi connectivity index (χ1) is 10.6. The van der Waals surface area contributed by atoms with Crippen molar-refractivity contribution in [1.29, 1.82) is 0 Å². The van der Waals surface area contributed by atoms with Gasteiger partial charge in [0.2, 0.25) is 5.91 Å². The Morgan fingerprint density at radius 1 is 1.39 bits per heavy atom. The summed E-state index contributed by atoms with van der Waals surface area (Å²) in [5, 5.41) is 0. The van der Waals surface area contributed by atoms with Crippen molar-refractivity contribution < 1.29 is 14.3 Å². The fourth-order valence-corrected chi connectivity index (χ4v) is 2.78. The van der Waals surface area contributed by atoms with E-state index in [9.17, 15) is 4.79 Å². The first-order valence-electron chi connectivity index (χ1n) is 7.80. The van der Waals surface area contributed by atoms with Gasteiger partial charge in [-0.05, 0) is 37.5 Å². The van der Waals surface area contributed by atoms with Crippen LogP contribution in [-0.2, 0) is 9.53 Å². The number of benzene rings is 1. The van der Waals surface area contributed by atoms with E-state index in [0.29, 0.717) is 45.8 Å². The number of nitrogens with two attached hydrogens (primary N) is 1. The lowest BCUT2D eigenvalue weighted by molar-refractivity contribution is -0.146. The third kappa shape index (κ3) is 5.09. The van der Waals surface area contributed by atoms with Crippen LogP contribution in [0.4, 0.5) is 0 Å². The largest absolute Gasteiger partial charge is 0.492 e. The highest BCUT2D eigenvalue weighted by Crippen LogP contribution is 2.31. The van der Waals surface area contributed by atoms with Crippen molar-refractivity contribution in [3.8, 4) is 5.75 Å². The van der Waals surface area contributed by atoms with Crippen molar-refractivity contribution in [2.24, 2.45) is 11.1 Å². The van der Waals surface area contributed by atoms with E-state index in [1.54, 1.807) is 4.90 Å². The highest BCUT2D eigenvalue weighted by Gasteiger charge is 2.40. The molecule has 1 fully saturated rings. The Bertz CT molecular complexity index is 504. The summed E-state index contributed by atoms with van der Waals surface area (Å²) in [5.41, 5.74) is 6.58. The molecule has 23 heavy (non-hydrogen) atoms. The zero-order chi connectivity index (χ0) is 16.0. The summed E-state index contributed by atoms with van der Waals surface area (Å²) in [7, 11) is 1.81. The molecule has 0 unspecified atom stereocenters. The second kappa shape index (κ2) is 9.11. The van der Waals surface area contributed by atoms with Gasteiger partial charge < -0.3 is 20.1 Å². The molecule has 1 amide bonds. The van der Waals surface area contributed by atoms with E-state index in [4.69, 9.17) is 15.2 Å². The minimum absolute atomic E-state index is 0. The van der Waals surface area contributed by atoms with E-state index >= 15 is 0 Å². The Hall–Kier alpha value is -1.30. The molecule has 0 atom stereocenters. The Labute approximate surface area is 144 Å². The molecule has 0 aliphatic carbocycles. The fourth-order valence-electron chi connectivity index (χ4n) is 2.78. The van der Waals surface area contributed by atoms with Crippen molar-refractivity contribution in [2.75, 3.05) is 40.0 Å². The monoisotopic (exact) mass is 342 g/mol. The third-order valence-corrected chi connectivity index (χ3v) is 4.33. The summed E-state index contributed by atoms with van der Waals surface area (Å²) < 4.78 is 11.1. The van der Waals surface area contributed by atoms with Gasteiger partial charge in [0.25, 0.3) is 0 Å². The van der Waals surface area contributed by atoms with Gasteiger partial charge in [0.15, 0.2) is 0 Å². The number of carbonyl (C=O) groups is 1. The summed E-state index contributed by atoms with van der Waals surface area (Å²) in [4.78, 5) is 14.4. The van der Waals surface area contributed by atoms with Crippen LogP contribution in [0.3, 0.4) is 0 Å². The van der Waals surface area contributed by atoms with E-state index in [1.807, 2.05) is 38.2 Å². The summed E-state index contributed by atoms with van der Waals surface area (Å²) in [6.07, 6.45) is 1.40. The Kier molecular flexibility index (Phi) is 7.82. The van der Waals surface area contributed by atoms with Crippen LogP contribution in [0, 0.1) is 12.3 Å². The van der Waals surface area contributed by atoms with Crippen LogP contribution in [0.25, 0.3) is 0 Å². The number of nitrogens with zero attached hydrogens (tertiary/aromatic N) is 1. The van der Waals surface area contributed by atoms with E-state index in [1.165, 1.54) is 0 Å². The van der Waals surface area contributed by atoms with Crippen LogP contribution in [0.15, 0.2) is 24.3 Å². The van der Waals surface area contributed by atoms with Gasteiger partial charge in [0.05, 0.1) is 12.0 Å². The molecule has 1 aromatic rings. The zero-order valence-corrected chi connectivity index (χ0v) is 14.7. The lowest BCUT2D eigenvalue weighted by Gasteiger charge is -2.37. The third-order valence-electron chi connectivity index (χ3n) is 4.33. The van der Waals surface area contributed by atoms with Crippen molar-refractivity contribution in [3.05, 3.63) is 29.8 Å². The SMILES string of the molecule is Cc1cccc(OCCN(C)C(=O)C2(CN)CCOCC2)c1.Cl. The van der Waals surface area contributed by atoms with Crippen molar-refractivity contribution in [3.63, 3.8) is 0 Å². The molecular formula is C17H27ClN2O3. The normalized spacial score (nSPS) is 16.3. The predicted molar refractivity (Wildman–Crippen MR) is 93.1 cm³/mol. The molecule has 6 heteroatoms. The fraction of sp³-hybridized carbons (Fsp3) is 0.588. The van der Waals surface area contributed by atoms with E-state index < -0.39 is 5.41 Å². The summed E-state index contributed by atoms with van der Waals surface area (Å²) in [6, 6.07) is 7.90. The maximum atomic E-state index is 12.7. The lowest BCUT2D eigenvalue weighted by Crippen LogP contribution is -2.50. The van der Waals surface area contributed by atoms with Gasteiger partial charge in [-0.25, -0.2) is 0 Å². The number of halogens is 1. The lowest BCUT2D eigenvalue weighted by atomic mass is 9.79.